The van der Waals surface area contributed by atoms with Crippen LogP contribution in [0.2, 0.25) is 5.02 Å². The minimum atomic E-state index is -0.113. The Morgan fingerprint density at radius 3 is 2.68 bits per heavy atom. The molecule has 2 saturated carbocycles. The molecule has 0 saturated heterocycles. The van der Waals surface area contributed by atoms with Gasteiger partial charge in [-0.2, -0.15) is 0 Å². The van der Waals surface area contributed by atoms with E-state index in [2.05, 4.69) is 24.1 Å². The van der Waals surface area contributed by atoms with Gasteiger partial charge in [0, 0.05) is 22.9 Å². The molecule has 0 radical (unpaired) electrons. The third kappa shape index (κ3) is 3.02. The molecule has 5 nitrogen and oxygen atoms in total. The Hall–Kier alpha value is -2.27. The lowest BCUT2D eigenvalue weighted by Gasteiger charge is -2.57. The molecule has 5 rings (SSSR count). The lowest BCUT2D eigenvalue weighted by Crippen LogP contribution is -2.55. The first kappa shape index (κ1) is 17.8. The summed E-state index contributed by atoms with van der Waals surface area (Å²) in [4.78, 5) is 17.0. The van der Waals surface area contributed by atoms with E-state index in [0.29, 0.717) is 22.1 Å². The second-order valence-electron chi connectivity index (χ2n) is 8.70. The largest absolute Gasteiger partial charge is 0.456 e. The molecule has 2 aliphatic carbocycles. The molecular weight excluding hydrogens is 376 g/mol. The van der Waals surface area contributed by atoms with E-state index in [1.54, 1.807) is 6.07 Å². The van der Waals surface area contributed by atoms with Crippen molar-refractivity contribution in [2.75, 3.05) is 0 Å². The average molecular weight is 399 g/mol. The zero-order valence-corrected chi connectivity index (χ0v) is 16.8. The van der Waals surface area contributed by atoms with Crippen LogP contribution in [0.3, 0.4) is 0 Å². The first-order valence-electron chi connectivity index (χ1n) is 9.87. The number of amides is 1. The lowest BCUT2D eigenvalue weighted by molar-refractivity contribution is -0.0256. The van der Waals surface area contributed by atoms with Crippen molar-refractivity contribution in [3.05, 3.63) is 52.8 Å². The van der Waals surface area contributed by atoms with Gasteiger partial charge in [0.15, 0.2) is 17.2 Å². The molecule has 1 N–H and O–H groups in total. The van der Waals surface area contributed by atoms with Crippen molar-refractivity contribution < 1.29 is 13.6 Å². The average Bonchev–Trinajstić information content (AvgIpc) is 3.21. The van der Waals surface area contributed by atoms with Crippen molar-refractivity contribution in [3.8, 4) is 0 Å². The number of oxazole rings is 1. The van der Waals surface area contributed by atoms with Crippen LogP contribution in [-0.4, -0.2) is 16.9 Å². The lowest BCUT2D eigenvalue weighted by atomic mass is 9.50. The van der Waals surface area contributed by atoms with Crippen LogP contribution in [0.1, 0.15) is 73.6 Å². The Labute approximate surface area is 168 Å². The maximum atomic E-state index is 12.4. The summed E-state index contributed by atoms with van der Waals surface area (Å²) in [6.45, 7) is 4.10. The van der Waals surface area contributed by atoms with Gasteiger partial charge in [-0.15, -0.1) is 0 Å². The predicted octanol–water partition coefficient (Wildman–Crippen LogP) is 5.65. The number of nitrogens with one attached hydrogen (secondary N) is 1. The molecule has 1 aromatic carbocycles. The highest BCUT2D eigenvalue weighted by Gasteiger charge is 2.54. The molecule has 146 valence electrons. The molecule has 6 heteroatoms. The third-order valence-electron chi connectivity index (χ3n) is 6.19. The minimum absolute atomic E-state index is 0.113. The molecular formula is C22H23ClN2O3. The topological polar surface area (TPSA) is 68.3 Å². The number of furan rings is 1. The van der Waals surface area contributed by atoms with E-state index in [-0.39, 0.29) is 17.9 Å². The molecule has 1 spiro atoms. The van der Waals surface area contributed by atoms with Crippen molar-refractivity contribution in [3.63, 3.8) is 0 Å². The van der Waals surface area contributed by atoms with Gasteiger partial charge in [-0.1, -0.05) is 25.4 Å². The van der Waals surface area contributed by atoms with Crippen LogP contribution in [-0.2, 0) is 0 Å². The molecule has 2 heterocycles. The summed E-state index contributed by atoms with van der Waals surface area (Å²) in [5, 5.41) is 3.78. The van der Waals surface area contributed by atoms with Gasteiger partial charge in [-0.05, 0) is 61.4 Å². The van der Waals surface area contributed by atoms with E-state index < -0.39 is 0 Å². The fourth-order valence-corrected chi connectivity index (χ4v) is 4.88. The number of hydrogen-bond donors (Lipinski definition) is 1. The van der Waals surface area contributed by atoms with Gasteiger partial charge in [0.1, 0.15) is 11.3 Å². The van der Waals surface area contributed by atoms with E-state index in [1.165, 1.54) is 0 Å². The van der Waals surface area contributed by atoms with E-state index in [9.17, 15) is 4.79 Å². The maximum Gasteiger partial charge on any atom is 0.287 e. The smallest absolute Gasteiger partial charge is 0.287 e. The normalized spacial score (nSPS) is 26.4. The minimum Gasteiger partial charge on any atom is -0.456 e. The van der Waals surface area contributed by atoms with Crippen molar-refractivity contribution in [1.29, 1.82) is 0 Å². The van der Waals surface area contributed by atoms with E-state index >= 15 is 0 Å². The Bertz CT molecular complexity index is 1040. The standard InChI is InChI=1S/C22H23ClN2O3/c1-12(2)17-5-6-19(27-17)20(26)24-15-10-22(11-15)8-13(9-22)21-25-16-7-14(23)3-4-18(16)28-21/h3-7,12-13,15H,8-11H2,1-2H3,(H,24,26). The number of benzene rings is 1. The summed E-state index contributed by atoms with van der Waals surface area (Å²) < 4.78 is 11.5. The molecule has 2 aromatic heterocycles. The van der Waals surface area contributed by atoms with Gasteiger partial charge >= 0.3 is 0 Å². The quantitative estimate of drug-likeness (QED) is 0.616. The monoisotopic (exact) mass is 398 g/mol. The number of hydrogen-bond acceptors (Lipinski definition) is 4. The molecule has 2 aliphatic rings. The number of halogens is 1. The van der Waals surface area contributed by atoms with Crippen molar-refractivity contribution in [2.24, 2.45) is 5.41 Å². The number of nitrogens with zero attached hydrogens (tertiary/aromatic N) is 1. The van der Waals surface area contributed by atoms with Crippen LogP contribution in [0.25, 0.3) is 11.1 Å². The van der Waals surface area contributed by atoms with Crippen LogP contribution in [0, 0.1) is 5.41 Å². The van der Waals surface area contributed by atoms with Gasteiger partial charge in [-0.25, -0.2) is 4.98 Å². The first-order valence-corrected chi connectivity index (χ1v) is 10.3. The summed E-state index contributed by atoms with van der Waals surface area (Å²) in [5.41, 5.74) is 1.94. The van der Waals surface area contributed by atoms with Gasteiger partial charge < -0.3 is 14.2 Å². The highest BCUT2D eigenvalue weighted by Crippen LogP contribution is 2.61. The van der Waals surface area contributed by atoms with Gasteiger partial charge in [0.05, 0.1) is 0 Å². The number of rotatable bonds is 4. The molecule has 28 heavy (non-hydrogen) atoms. The Kier molecular flexibility index (Phi) is 4.05. The van der Waals surface area contributed by atoms with Gasteiger partial charge in [0.25, 0.3) is 5.91 Å². The summed E-state index contributed by atoms with van der Waals surface area (Å²) in [6.07, 6.45) is 4.16. The molecule has 0 aliphatic heterocycles. The maximum absolute atomic E-state index is 12.4. The van der Waals surface area contributed by atoms with Crippen molar-refractivity contribution in [1.82, 2.24) is 10.3 Å². The number of fused-ring (bicyclic) bond motifs is 1. The SMILES string of the molecule is CC(C)c1ccc(C(=O)NC2CC3(C2)CC(c2nc4cc(Cl)ccc4o2)C3)o1. The molecule has 0 unspecified atom stereocenters. The molecule has 0 atom stereocenters. The van der Waals surface area contributed by atoms with Crippen molar-refractivity contribution >= 4 is 28.6 Å². The second-order valence-corrected chi connectivity index (χ2v) is 9.14. The number of carbonyl (C=O) groups is 1. The Morgan fingerprint density at radius 2 is 1.96 bits per heavy atom. The van der Waals surface area contributed by atoms with Crippen LogP contribution < -0.4 is 5.32 Å². The number of carbonyl (C=O) groups excluding carboxylic acids is 1. The van der Waals surface area contributed by atoms with Crippen LogP contribution in [0.5, 0.6) is 0 Å². The molecule has 1 amide bonds. The van der Waals surface area contributed by atoms with Gasteiger partial charge in [-0.3, -0.25) is 4.79 Å². The Morgan fingerprint density at radius 1 is 1.18 bits per heavy atom. The number of aromatic nitrogens is 1. The summed E-state index contributed by atoms with van der Waals surface area (Å²) in [6, 6.07) is 9.40. The summed E-state index contributed by atoms with van der Waals surface area (Å²) in [7, 11) is 0. The second kappa shape index (κ2) is 6.38. The third-order valence-corrected chi connectivity index (χ3v) is 6.42. The zero-order valence-electron chi connectivity index (χ0n) is 16.0. The Balaban J connectivity index is 1.16. The van der Waals surface area contributed by atoms with Crippen LogP contribution in [0.4, 0.5) is 0 Å². The van der Waals surface area contributed by atoms with Crippen LogP contribution >= 0.6 is 11.6 Å². The first-order chi connectivity index (χ1) is 13.4. The van der Waals surface area contributed by atoms with E-state index in [4.69, 9.17) is 20.4 Å². The molecule has 3 aromatic rings. The highest BCUT2D eigenvalue weighted by atomic mass is 35.5. The molecule has 2 fully saturated rings. The highest BCUT2D eigenvalue weighted by molar-refractivity contribution is 6.31. The van der Waals surface area contributed by atoms with Crippen molar-refractivity contribution in [2.45, 2.75) is 57.4 Å². The van der Waals surface area contributed by atoms with E-state index in [1.807, 2.05) is 24.3 Å². The fourth-order valence-electron chi connectivity index (χ4n) is 4.72. The molecule has 0 bridgehead atoms. The predicted molar refractivity (Wildman–Crippen MR) is 107 cm³/mol. The fraction of sp³-hybridized carbons (Fsp3) is 0.455. The van der Waals surface area contributed by atoms with E-state index in [0.717, 1.165) is 48.4 Å². The summed E-state index contributed by atoms with van der Waals surface area (Å²) >= 11 is 6.03. The van der Waals surface area contributed by atoms with Crippen LogP contribution in [0.15, 0.2) is 39.2 Å². The van der Waals surface area contributed by atoms with Gasteiger partial charge in [0.2, 0.25) is 0 Å². The summed E-state index contributed by atoms with van der Waals surface area (Å²) in [5.74, 6) is 2.59. The zero-order chi connectivity index (χ0) is 19.5.